The third-order valence-electron chi connectivity index (χ3n) is 4.59. The summed E-state index contributed by atoms with van der Waals surface area (Å²) in [5.74, 6) is 0.944. The van der Waals surface area contributed by atoms with Crippen LogP contribution in [0.15, 0.2) is 53.6 Å². The number of ether oxygens (including phenoxy) is 3. The monoisotopic (exact) mass is 554 g/mol. The standard InChI is InChI=1S/C25H22Cl4N2O4/c1-3-33-22-8-6-16(11-23(22)34-4-2)25(32)31-30-13-15-9-20(28)24(21(29)10-15)35-14-17-5-7-18(26)12-19(17)27/h5-13H,3-4,14H2,1-2H3,(H,31,32)/b30-13+. The molecule has 0 saturated heterocycles. The highest BCUT2D eigenvalue weighted by Crippen LogP contribution is 2.35. The van der Waals surface area contributed by atoms with Crippen LogP contribution < -0.4 is 19.6 Å². The third kappa shape index (κ3) is 7.42. The van der Waals surface area contributed by atoms with Crippen LogP contribution in [0.3, 0.4) is 0 Å². The van der Waals surface area contributed by atoms with Gasteiger partial charge in [0.05, 0.1) is 29.5 Å². The van der Waals surface area contributed by atoms with Crippen molar-refractivity contribution in [2.45, 2.75) is 20.5 Å². The van der Waals surface area contributed by atoms with Gasteiger partial charge < -0.3 is 14.2 Å². The maximum absolute atomic E-state index is 12.5. The van der Waals surface area contributed by atoms with E-state index < -0.39 is 5.91 Å². The topological polar surface area (TPSA) is 69.2 Å². The van der Waals surface area contributed by atoms with E-state index >= 15 is 0 Å². The maximum Gasteiger partial charge on any atom is 0.271 e. The Morgan fingerprint density at radius 1 is 0.857 bits per heavy atom. The van der Waals surface area contributed by atoms with Gasteiger partial charge in [-0.1, -0.05) is 52.5 Å². The second-order valence-corrected chi connectivity index (χ2v) is 8.72. The quantitative estimate of drug-likeness (QED) is 0.208. The summed E-state index contributed by atoms with van der Waals surface area (Å²) < 4.78 is 16.8. The van der Waals surface area contributed by atoms with Crippen LogP contribution in [0.4, 0.5) is 0 Å². The molecule has 0 radical (unpaired) electrons. The Balaban J connectivity index is 1.66. The van der Waals surface area contributed by atoms with E-state index in [4.69, 9.17) is 60.6 Å². The van der Waals surface area contributed by atoms with Gasteiger partial charge in [0.2, 0.25) is 0 Å². The van der Waals surface area contributed by atoms with Crippen LogP contribution in [0.25, 0.3) is 0 Å². The van der Waals surface area contributed by atoms with Crippen molar-refractivity contribution in [2.75, 3.05) is 13.2 Å². The van der Waals surface area contributed by atoms with Gasteiger partial charge in [-0.2, -0.15) is 5.10 Å². The average molecular weight is 556 g/mol. The number of carbonyl (C=O) groups excluding carboxylic acids is 1. The van der Waals surface area contributed by atoms with E-state index in [-0.39, 0.29) is 16.7 Å². The Hall–Kier alpha value is -2.64. The molecule has 0 aromatic heterocycles. The molecular formula is C25H22Cl4N2O4. The lowest BCUT2D eigenvalue weighted by Gasteiger charge is -2.12. The first kappa shape index (κ1) is 27.0. The minimum atomic E-state index is -0.415. The predicted octanol–water partition coefficient (Wildman–Crippen LogP) is 7.44. The van der Waals surface area contributed by atoms with E-state index in [0.717, 1.165) is 5.56 Å². The van der Waals surface area contributed by atoms with Crippen molar-refractivity contribution in [2.24, 2.45) is 5.10 Å². The smallest absolute Gasteiger partial charge is 0.271 e. The molecule has 1 N–H and O–H groups in total. The maximum atomic E-state index is 12.5. The summed E-state index contributed by atoms with van der Waals surface area (Å²) in [6.45, 7) is 4.81. The third-order valence-corrected chi connectivity index (χ3v) is 5.74. The van der Waals surface area contributed by atoms with Crippen molar-refractivity contribution >= 4 is 58.5 Å². The van der Waals surface area contributed by atoms with Gasteiger partial charge in [0.25, 0.3) is 5.91 Å². The van der Waals surface area contributed by atoms with Crippen LogP contribution in [-0.2, 0) is 6.61 Å². The Kier molecular flexibility index (Phi) is 9.93. The molecule has 10 heteroatoms. The van der Waals surface area contributed by atoms with Gasteiger partial charge in [-0.3, -0.25) is 4.79 Å². The molecule has 0 fully saturated rings. The van der Waals surface area contributed by atoms with Gasteiger partial charge in [0.15, 0.2) is 17.2 Å². The van der Waals surface area contributed by atoms with Crippen LogP contribution in [0, 0.1) is 0 Å². The van der Waals surface area contributed by atoms with Gasteiger partial charge in [-0.15, -0.1) is 0 Å². The molecule has 35 heavy (non-hydrogen) atoms. The number of hydrazone groups is 1. The second-order valence-electron chi connectivity index (χ2n) is 7.06. The highest BCUT2D eigenvalue weighted by atomic mass is 35.5. The number of hydrogen-bond acceptors (Lipinski definition) is 5. The number of nitrogens with zero attached hydrogens (tertiary/aromatic N) is 1. The zero-order valence-corrected chi connectivity index (χ0v) is 21.9. The van der Waals surface area contributed by atoms with Crippen molar-refractivity contribution in [3.63, 3.8) is 0 Å². The Bertz CT molecular complexity index is 1210. The molecule has 3 aromatic rings. The number of amides is 1. The lowest BCUT2D eigenvalue weighted by Crippen LogP contribution is -2.17. The van der Waals surface area contributed by atoms with Gasteiger partial charge >= 0.3 is 0 Å². The van der Waals surface area contributed by atoms with E-state index in [9.17, 15) is 4.79 Å². The number of halogens is 4. The van der Waals surface area contributed by atoms with Crippen molar-refractivity contribution in [3.8, 4) is 17.2 Å². The summed E-state index contributed by atoms with van der Waals surface area (Å²) in [5.41, 5.74) is 4.14. The number of hydrogen-bond donors (Lipinski definition) is 1. The minimum Gasteiger partial charge on any atom is -0.490 e. The predicted molar refractivity (Wildman–Crippen MR) is 141 cm³/mol. The molecule has 184 valence electrons. The number of nitrogens with one attached hydrogen (secondary N) is 1. The minimum absolute atomic E-state index is 0.157. The number of rotatable bonds is 10. The van der Waals surface area contributed by atoms with Crippen molar-refractivity contribution in [1.82, 2.24) is 5.43 Å². The van der Waals surface area contributed by atoms with Gasteiger partial charge in [0.1, 0.15) is 6.61 Å². The van der Waals surface area contributed by atoms with Crippen molar-refractivity contribution in [3.05, 3.63) is 85.3 Å². The summed E-state index contributed by atoms with van der Waals surface area (Å²) in [6.07, 6.45) is 1.42. The number of benzene rings is 3. The van der Waals surface area contributed by atoms with E-state index in [1.165, 1.54) is 6.21 Å². The summed E-state index contributed by atoms with van der Waals surface area (Å²) in [6, 6.07) is 13.3. The first-order valence-corrected chi connectivity index (χ1v) is 12.1. The molecular weight excluding hydrogens is 534 g/mol. The van der Waals surface area contributed by atoms with Crippen LogP contribution in [0.2, 0.25) is 20.1 Å². The SMILES string of the molecule is CCOc1ccc(C(=O)N/N=C/c2cc(Cl)c(OCc3ccc(Cl)cc3Cl)c(Cl)c2)cc1OCC. The van der Waals surface area contributed by atoms with Crippen molar-refractivity contribution in [1.29, 1.82) is 0 Å². The van der Waals surface area contributed by atoms with Crippen LogP contribution in [0.1, 0.15) is 35.3 Å². The Morgan fingerprint density at radius 3 is 2.20 bits per heavy atom. The summed E-state index contributed by atoms with van der Waals surface area (Å²) in [5, 5.41) is 5.56. The fourth-order valence-electron chi connectivity index (χ4n) is 3.00. The van der Waals surface area contributed by atoms with Gasteiger partial charge in [-0.25, -0.2) is 5.43 Å². The molecule has 3 rings (SSSR count). The number of carbonyl (C=O) groups is 1. The molecule has 0 bridgehead atoms. The zero-order chi connectivity index (χ0) is 25.4. The Morgan fingerprint density at radius 2 is 1.54 bits per heavy atom. The van der Waals surface area contributed by atoms with E-state index in [2.05, 4.69) is 10.5 Å². The molecule has 0 aliphatic heterocycles. The van der Waals surface area contributed by atoms with Crippen LogP contribution in [0.5, 0.6) is 17.2 Å². The van der Waals surface area contributed by atoms with Gasteiger partial charge in [0, 0.05) is 21.2 Å². The molecule has 0 unspecified atom stereocenters. The fraction of sp³-hybridized carbons (Fsp3) is 0.200. The van der Waals surface area contributed by atoms with Crippen LogP contribution in [-0.4, -0.2) is 25.3 Å². The normalized spacial score (nSPS) is 10.9. The van der Waals surface area contributed by atoms with Gasteiger partial charge in [-0.05, 0) is 61.9 Å². The first-order valence-electron chi connectivity index (χ1n) is 10.6. The van der Waals surface area contributed by atoms with E-state index in [1.807, 2.05) is 13.8 Å². The van der Waals surface area contributed by atoms with Crippen molar-refractivity contribution < 1.29 is 19.0 Å². The van der Waals surface area contributed by atoms with E-state index in [1.54, 1.807) is 48.5 Å². The average Bonchev–Trinajstić information content (AvgIpc) is 2.81. The zero-order valence-electron chi connectivity index (χ0n) is 18.9. The molecule has 0 atom stereocenters. The lowest BCUT2D eigenvalue weighted by atomic mass is 10.2. The van der Waals surface area contributed by atoms with E-state index in [0.29, 0.717) is 51.6 Å². The highest BCUT2D eigenvalue weighted by Gasteiger charge is 2.13. The molecule has 0 spiro atoms. The Labute approximate surface area is 223 Å². The van der Waals surface area contributed by atoms with Crippen LogP contribution >= 0.6 is 46.4 Å². The first-order chi connectivity index (χ1) is 16.8. The summed E-state index contributed by atoms with van der Waals surface area (Å²) >= 11 is 24.8. The molecule has 0 saturated carbocycles. The summed E-state index contributed by atoms with van der Waals surface area (Å²) in [7, 11) is 0. The molecule has 6 nitrogen and oxygen atoms in total. The molecule has 1 amide bonds. The molecule has 0 aliphatic rings. The second kappa shape index (κ2) is 12.9. The molecule has 0 aliphatic carbocycles. The highest BCUT2D eigenvalue weighted by molar-refractivity contribution is 6.37. The fourth-order valence-corrected chi connectivity index (χ4v) is 4.08. The molecule has 0 heterocycles. The summed E-state index contributed by atoms with van der Waals surface area (Å²) in [4.78, 5) is 12.5. The molecule has 3 aromatic carbocycles. The largest absolute Gasteiger partial charge is 0.490 e. The lowest BCUT2D eigenvalue weighted by molar-refractivity contribution is 0.0954.